The minimum Gasteiger partial charge on any atom is -0.339 e. The van der Waals surface area contributed by atoms with Crippen molar-refractivity contribution in [2.45, 2.75) is 31.8 Å². The van der Waals surface area contributed by atoms with Crippen LogP contribution in [0.4, 0.5) is 0 Å². The van der Waals surface area contributed by atoms with Crippen molar-refractivity contribution in [1.82, 2.24) is 9.62 Å². The summed E-state index contributed by atoms with van der Waals surface area (Å²) < 4.78 is 30.3. The lowest BCUT2D eigenvalue weighted by atomic mass is 10.1. The van der Waals surface area contributed by atoms with E-state index < -0.39 is 10.2 Å². The van der Waals surface area contributed by atoms with E-state index in [9.17, 15) is 8.42 Å². The molecule has 1 saturated heterocycles. The molecule has 0 saturated carbocycles. The molecule has 0 amide bonds. The van der Waals surface area contributed by atoms with Gasteiger partial charge >= 0.3 is 10.2 Å². The maximum Gasteiger partial charge on any atom is 0.323 e. The van der Waals surface area contributed by atoms with E-state index in [1.807, 2.05) is 12.1 Å². The fourth-order valence-electron chi connectivity index (χ4n) is 2.65. The van der Waals surface area contributed by atoms with Crippen molar-refractivity contribution in [2.75, 3.05) is 6.54 Å². The van der Waals surface area contributed by atoms with Crippen molar-refractivity contribution < 1.29 is 8.42 Å². The third-order valence-electron chi connectivity index (χ3n) is 3.61. The van der Waals surface area contributed by atoms with Gasteiger partial charge in [0.2, 0.25) is 0 Å². The summed E-state index contributed by atoms with van der Waals surface area (Å²) in [5.74, 6) is 0.668. The van der Waals surface area contributed by atoms with Crippen LogP contribution in [-0.2, 0) is 10.2 Å². The van der Waals surface area contributed by atoms with E-state index in [0.29, 0.717) is 17.3 Å². The Balaban J connectivity index is 2.01. The van der Waals surface area contributed by atoms with Gasteiger partial charge < -0.3 is 4.90 Å². The molecular formula is C13H16ClN3O2S. The lowest BCUT2D eigenvalue weighted by molar-refractivity contribution is 0.292. The number of benzene rings is 1. The molecular weight excluding hydrogens is 298 g/mol. The van der Waals surface area contributed by atoms with Crippen LogP contribution in [0.25, 0.3) is 0 Å². The van der Waals surface area contributed by atoms with E-state index in [-0.39, 0.29) is 6.17 Å². The third kappa shape index (κ3) is 2.82. The molecule has 0 unspecified atom stereocenters. The number of hydrogen-bond acceptors (Lipinski definition) is 3. The molecule has 0 spiro atoms. The molecule has 5 nitrogen and oxygen atoms in total. The van der Waals surface area contributed by atoms with Gasteiger partial charge in [-0.25, -0.2) is 0 Å². The van der Waals surface area contributed by atoms with Gasteiger partial charge in [-0.15, -0.1) is 4.40 Å². The third-order valence-corrected chi connectivity index (χ3v) is 4.84. The molecule has 0 bridgehead atoms. The van der Waals surface area contributed by atoms with Crippen molar-refractivity contribution in [2.24, 2.45) is 4.40 Å². The van der Waals surface area contributed by atoms with Crippen LogP contribution in [0.1, 0.15) is 37.4 Å². The fourth-order valence-corrected chi connectivity index (χ4v) is 3.85. The molecule has 1 N–H and O–H groups in total. The lowest BCUT2D eigenvalue weighted by Gasteiger charge is -2.36. The highest BCUT2D eigenvalue weighted by Crippen LogP contribution is 2.28. The fraction of sp³-hybridized carbons (Fsp3) is 0.462. The van der Waals surface area contributed by atoms with Crippen molar-refractivity contribution in [1.29, 1.82) is 0 Å². The zero-order chi connectivity index (χ0) is 14.2. The van der Waals surface area contributed by atoms with Crippen molar-refractivity contribution >= 4 is 27.6 Å². The van der Waals surface area contributed by atoms with Crippen LogP contribution in [0.2, 0.25) is 5.02 Å². The molecule has 1 atom stereocenters. The zero-order valence-electron chi connectivity index (χ0n) is 10.9. The van der Waals surface area contributed by atoms with E-state index in [4.69, 9.17) is 11.6 Å². The van der Waals surface area contributed by atoms with Gasteiger partial charge in [-0.2, -0.15) is 13.1 Å². The number of halogens is 1. The number of hydrogen-bond donors (Lipinski definition) is 1. The van der Waals surface area contributed by atoms with Crippen molar-refractivity contribution in [3.63, 3.8) is 0 Å². The first-order valence-electron chi connectivity index (χ1n) is 6.68. The highest BCUT2D eigenvalue weighted by Gasteiger charge is 2.33. The minimum absolute atomic E-state index is 0.386. The first-order chi connectivity index (χ1) is 9.55. The highest BCUT2D eigenvalue weighted by atomic mass is 35.5. The summed E-state index contributed by atoms with van der Waals surface area (Å²) in [5.41, 5.74) is 0.882. The number of fused-ring (bicyclic) bond motifs is 1. The number of nitrogens with one attached hydrogen (secondary N) is 1. The molecule has 1 fully saturated rings. The van der Waals surface area contributed by atoms with Crippen LogP contribution >= 0.6 is 11.6 Å². The molecule has 1 aromatic carbocycles. The van der Waals surface area contributed by atoms with E-state index in [1.54, 1.807) is 12.1 Å². The number of nitrogens with zero attached hydrogens (tertiary/aromatic N) is 2. The average Bonchev–Trinajstić information content (AvgIpc) is 2.62. The Morgan fingerprint density at radius 1 is 1.20 bits per heavy atom. The van der Waals surface area contributed by atoms with Gasteiger partial charge in [-0.05, 0) is 30.5 Å². The van der Waals surface area contributed by atoms with Crippen LogP contribution in [0.15, 0.2) is 28.7 Å². The number of rotatable bonds is 1. The Bertz CT molecular complexity index is 628. The number of amidine groups is 1. The Labute approximate surface area is 123 Å². The Morgan fingerprint density at radius 2 is 1.95 bits per heavy atom. The van der Waals surface area contributed by atoms with Crippen LogP contribution in [-0.4, -0.2) is 25.7 Å². The first kappa shape index (κ1) is 13.9. The van der Waals surface area contributed by atoms with Crippen molar-refractivity contribution in [3.05, 3.63) is 34.9 Å². The van der Waals surface area contributed by atoms with Gasteiger partial charge in [0.1, 0.15) is 12.0 Å². The molecule has 0 radical (unpaired) electrons. The van der Waals surface area contributed by atoms with Gasteiger partial charge in [-0.3, -0.25) is 0 Å². The van der Waals surface area contributed by atoms with E-state index >= 15 is 0 Å². The van der Waals surface area contributed by atoms with Gasteiger partial charge in [0, 0.05) is 18.0 Å². The molecule has 20 heavy (non-hydrogen) atoms. The molecule has 3 rings (SSSR count). The molecule has 1 aromatic rings. The summed E-state index contributed by atoms with van der Waals surface area (Å²) in [6.45, 7) is 0.814. The summed E-state index contributed by atoms with van der Waals surface area (Å²) in [7, 11) is -3.61. The first-order valence-corrected chi connectivity index (χ1v) is 8.50. The van der Waals surface area contributed by atoms with Crippen LogP contribution in [0.3, 0.4) is 0 Å². The second kappa shape index (κ2) is 5.35. The van der Waals surface area contributed by atoms with E-state index in [0.717, 1.165) is 31.4 Å². The normalized spacial score (nSPS) is 25.6. The largest absolute Gasteiger partial charge is 0.339 e. The monoisotopic (exact) mass is 313 g/mol. The molecule has 2 heterocycles. The maximum atomic E-state index is 11.9. The molecule has 0 aliphatic carbocycles. The molecule has 0 aromatic heterocycles. The molecule has 108 valence electrons. The van der Waals surface area contributed by atoms with Crippen LogP contribution in [0, 0.1) is 0 Å². The average molecular weight is 314 g/mol. The summed E-state index contributed by atoms with van der Waals surface area (Å²) in [6.07, 6.45) is 3.46. The lowest BCUT2D eigenvalue weighted by Crippen LogP contribution is -2.48. The maximum absolute atomic E-state index is 11.9. The zero-order valence-corrected chi connectivity index (χ0v) is 12.5. The Hall–Kier alpha value is -1.11. The SMILES string of the molecule is O=S1(=O)N=C2CCCCCN2[C@@H](c2ccc(Cl)cc2)N1. The summed E-state index contributed by atoms with van der Waals surface area (Å²) in [5, 5.41) is 0.636. The topological polar surface area (TPSA) is 61.8 Å². The molecule has 7 heteroatoms. The highest BCUT2D eigenvalue weighted by molar-refractivity contribution is 7.88. The smallest absolute Gasteiger partial charge is 0.323 e. The van der Waals surface area contributed by atoms with E-state index in [1.165, 1.54) is 0 Å². The summed E-state index contributed by atoms with van der Waals surface area (Å²) in [4.78, 5) is 2.05. The van der Waals surface area contributed by atoms with Gasteiger partial charge in [0.15, 0.2) is 0 Å². The van der Waals surface area contributed by atoms with E-state index in [2.05, 4.69) is 14.0 Å². The second-order valence-electron chi connectivity index (χ2n) is 5.06. The Kier molecular flexibility index (Phi) is 3.70. The predicted octanol–water partition coefficient (Wildman–Crippen LogP) is 2.46. The predicted molar refractivity (Wildman–Crippen MR) is 78.9 cm³/mol. The Morgan fingerprint density at radius 3 is 2.70 bits per heavy atom. The summed E-state index contributed by atoms with van der Waals surface area (Å²) in [6, 6.07) is 7.25. The summed E-state index contributed by atoms with van der Waals surface area (Å²) >= 11 is 5.89. The second-order valence-corrected chi connectivity index (χ2v) is 6.86. The van der Waals surface area contributed by atoms with Crippen molar-refractivity contribution in [3.8, 4) is 0 Å². The van der Waals surface area contributed by atoms with Crippen LogP contribution in [0.5, 0.6) is 0 Å². The van der Waals surface area contributed by atoms with Crippen LogP contribution < -0.4 is 4.72 Å². The minimum atomic E-state index is -3.61. The molecule has 2 aliphatic rings. The van der Waals surface area contributed by atoms with Gasteiger partial charge in [-0.1, -0.05) is 30.2 Å². The van der Waals surface area contributed by atoms with Gasteiger partial charge in [0.25, 0.3) is 0 Å². The molecule has 2 aliphatic heterocycles. The quantitative estimate of drug-likeness (QED) is 0.866. The standard InChI is InChI=1S/C13H16ClN3O2S/c14-11-7-5-10(6-8-11)13-16-20(18,19)15-12-4-2-1-3-9-17(12)13/h5-8,13,16H,1-4,9H2/t13-/m0/s1. The van der Waals surface area contributed by atoms with Gasteiger partial charge in [0.05, 0.1) is 0 Å².